The van der Waals surface area contributed by atoms with Crippen molar-refractivity contribution in [2.45, 2.75) is 137 Å². The first-order valence-corrected chi connectivity index (χ1v) is 25.2. The van der Waals surface area contributed by atoms with Gasteiger partial charge in [-0.25, -0.2) is 26.3 Å². The Bertz CT molecular complexity index is 2390. The Morgan fingerprint density at radius 2 is 0.903 bits per heavy atom. The van der Waals surface area contributed by atoms with Gasteiger partial charge in [0.05, 0.1) is 19.8 Å². The summed E-state index contributed by atoms with van der Waals surface area (Å²) in [6.07, 6.45) is -44.1. The second-order valence-corrected chi connectivity index (χ2v) is 19.6. The molecule has 13 N–H and O–H groups in total. The van der Waals surface area contributed by atoms with Crippen molar-refractivity contribution in [1.82, 2.24) is 10.6 Å². The molecule has 20 atom stereocenters. The summed E-state index contributed by atoms with van der Waals surface area (Å²) in [7, 11) is -22.5. The van der Waals surface area contributed by atoms with Crippen molar-refractivity contribution in [3.8, 4) is 0 Å². The van der Waals surface area contributed by atoms with Crippen LogP contribution < -0.4 is 10.6 Å². The minimum Gasteiger partial charge on any atom is -0.479 e. The summed E-state index contributed by atoms with van der Waals surface area (Å²) in [5.74, 6) is -6.41. The average molecular weight is 1140 g/mol. The number of carboxylic acid groups (broad SMARTS) is 2. The summed E-state index contributed by atoms with van der Waals surface area (Å²) in [5, 5.41) is 78.7. The predicted octanol–water partition coefficient (Wildman–Crippen LogP) is -8.76. The average Bonchev–Trinajstić information content (AvgIpc) is 3.22. The highest BCUT2D eigenvalue weighted by atomic mass is 32.3. The van der Waals surface area contributed by atoms with Crippen molar-refractivity contribution in [2.75, 3.05) is 19.8 Å². The van der Waals surface area contributed by atoms with E-state index in [1.165, 1.54) is 0 Å². The number of nitrogens with one attached hydrogen (secondary N) is 2. The van der Waals surface area contributed by atoms with Crippen LogP contribution in [-0.2, 0) is 115 Å². The fourth-order valence-electron chi connectivity index (χ4n) is 7.34. The fraction of sp³-hybridized carbons (Fsp3) is 0.806. The third-order valence-corrected chi connectivity index (χ3v) is 11.9. The van der Waals surface area contributed by atoms with E-state index in [0.29, 0.717) is 0 Å². The fourth-order valence-corrected chi connectivity index (χ4v) is 8.99. The van der Waals surface area contributed by atoms with Crippen LogP contribution in [0.15, 0.2) is 12.7 Å². The van der Waals surface area contributed by atoms with E-state index in [-0.39, 0.29) is 0 Å². The smallest absolute Gasteiger partial charge is 0.397 e. The molecule has 4 fully saturated rings. The first kappa shape index (κ1) is 61.1. The number of aliphatic carboxylic acids is 2. The Morgan fingerprint density at radius 1 is 0.514 bits per heavy atom. The van der Waals surface area contributed by atoms with Gasteiger partial charge in [-0.1, -0.05) is 6.08 Å². The molecule has 0 radical (unpaired) electrons. The molecule has 4 heterocycles. The topological polar surface area (TPSA) is 562 Å². The van der Waals surface area contributed by atoms with Gasteiger partial charge in [-0.05, 0) is 0 Å². The monoisotopic (exact) mass is 1140 g/mol. The van der Waals surface area contributed by atoms with Crippen LogP contribution in [0.5, 0.6) is 0 Å². The van der Waals surface area contributed by atoms with Gasteiger partial charge in [0, 0.05) is 13.8 Å². The summed E-state index contributed by atoms with van der Waals surface area (Å²) >= 11 is 0. The Kier molecular flexibility index (Phi) is 20.8. The van der Waals surface area contributed by atoms with E-state index < -0.39 is 208 Å². The number of aliphatic hydroxyl groups excluding tert-OH is 5. The van der Waals surface area contributed by atoms with Crippen molar-refractivity contribution >= 4 is 65.3 Å². The zero-order chi connectivity index (χ0) is 54.6. The molecule has 0 saturated carbocycles. The zero-order valence-corrected chi connectivity index (χ0v) is 39.6. The van der Waals surface area contributed by atoms with Gasteiger partial charge in [0.25, 0.3) is 0 Å². The van der Waals surface area contributed by atoms with Gasteiger partial charge in [0.15, 0.2) is 37.4 Å². The lowest BCUT2D eigenvalue weighted by molar-refractivity contribution is -0.367. The first-order chi connectivity index (χ1) is 33.0. The lowest BCUT2D eigenvalue weighted by Crippen LogP contribution is -2.71. The highest BCUT2D eigenvalue weighted by Gasteiger charge is 2.59. The number of carbonyl (C=O) groups is 4. The summed E-state index contributed by atoms with van der Waals surface area (Å²) in [6, 6.07) is -4.30. The maximum Gasteiger partial charge on any atom is 0.397 e. The highest BCUT2D eigenvalue weighted by Crippen LogP contribution is 2.37. The normalized spacial score (nSPS) is 38.0. The predicted molar refractivity (Wildman–Crippen MR) is 214 cm³/mol. The summed E-state index contributed by atoms with van der Waals surface area (Å²) in [6.45, 7) is 1.47. The molecule has 0 aromatic carbocycles. The van der Waals surface area contributed by atoms with E-state index in [9.17, 15) is 107 Å². The van der Waals surface area contributed by atoms with Crippen molar-refractivity contribution < 1.29 is 161 Å². The van der Waals surface area contributed by atoms with Crippen LogP contribution in [-0.4, -0.2) is 254 Å². The Labute approximate surface area is 405 Å². The van der Waals surface area contributed by atoms with Gasteiger partial charge in [-0.3, -0.25) is 27.8 Å². The zero-order valence-electron chi connectivity index (χ0n) is 36.3. The molecule has 8 unspecified atom stereocenters. The standard InChI is InChI=1S/C31H48N2O35S4/c1-4-5-57-28-12(32-8(2)34)21(19(67-71(51,52)53)10(60-28)6-58-69(45,46)47)62-31-18(40)16(38)23(25(66-31)27(43)44)64-29-13(33-9(3)35)22(63-30-17(39)14(36)15(37)24(65-30)26(41)42)20(68-72(54,55)56)11(61-29)7-59-70(48,49)50/h4,10-25,28-31,36-40H,1,5-7H2,2-3H3,(H,32,34)(H,33,35)(H,41,42)(H,43,44)(H,45,46,47)(H,48,49,50)(H,51,52,53)(H,54,55,56)/t10?,11?,12?,13?,14-,15-,16+,17?,18?,19-,20-,21+,22+,23-,24?,25?,28+,29-,30+,31+/m0/s1. The number of carboxylic acids is 2. The Morgan fingerprint density at radius 3 is 1.29 bits per heavy atom. The van der Waals surface area contributed by atoms with Gasteiger partial charge in [-0.15, -0.1) is 6.58 Å². The molecule has 0 aromatic rings. The molecule has 72 heavy (non-hydrogen) atoms. The molecule has 0 aliphatic carbocycles. The van der Waals surface area contributed by atoms with Crippen LogP contribution in [0.4, 0.5) is 0 Å². The summed E-state index contributed by atoms with van der Waals surface area (Å²) in [4.78, 5) is 49.9. The molecule has 0 aromatic heterocycles. The SMILES string of the molecule is C=CCO[C@@H]1OC(COS(=O)(=O)O)[C@H](OS(=O)(=O)O)[C@H](O[C@@H]2OC(C(=O)O)[C@@H](O[C@@H]3OC(COS(=O)(=O)O)[C@H](OS(=O)(=O)O)[C@H](O[C@@H]4OC(C(=O)O)[C@@H](O)[C@H](O)C4O)C3NC(C)=O)[C@H](O)C2O)C1NC(C)=O. The molecule has 37 nitrogen and oxygen atoms in total. The van der Waals surface area contributed by atoms with E-state index in [1.54, 1.807) is 0 Å². The number of ether oxygens (including phenoxy) is 8. The Balaban J connectivity index is 1.83. The van der Waals surface area contributed by atoms with Crippen LogP contribution in [0.1, 0.15) is 13.8 Å². The van der Waals surface area contributed by atoms with Crippen LogP contribution in [0.25, 0.3) is 0 Å². The number of hydrogen-bond acceptors (Lipinski definition) is 29. The largest absolute Gasteiger partial charge is 0.479 e. The van der Waals surface area contributed by atoms with Crippen molar-refractivity contribution in [2.24, 2.45) is 0 Å². The van der Waals surface area contributed by atoms with Crippen molar-refractivity contribution in [3.05, 3.63) is 12.7 Å². The molecule has 4 aliphatic rings. The van der Waals surface area contributed by atoms with Gasteiger partial charge >= 0.3 is 53.5 Å². The second kappa shape index (κ2) is 24.5. The van der Waals surface area contributed by atoms with Gasteiger partial charge in [0.2, 0.25) is 11.8 Å². The maximum absolute atomic E-state index is 12.9. The molecule has 4 saturated heterocycles. The van der Waals surface area contributed by atoms with E-state index in [1.807, 2.05) is 5.32 Å². The van der Waals surface area contributed by atoms with Crippen LogP contribution in [0, 0.1) is 0 Å². The van der Waals surface area contributed by atoms with E-state index >= 15 is 0 Å². The molecule has 0 bridgehead atoms. The minimum absolute atomic E-state index is 0.479. The molecule has 4 aliphatic heterocycles. The molecule has 0 spiro atoms. The van der Waals surface area contributed by atoms with Crippen molar-refractivity contribution in [3.63, 3.8) is 0 Å². The maximum atomic E-state index is 12.9. The van der Waals surface area contributed by atoms with Crippen LogP contribution in [0.2, 0.25) is 0 Å². The molecular weight excluding hydrogens is 1090 g/mol. The molecular formula is C31H48N2O35S4. The van der Waals surface area contributed by atoms with Crippen molar-refractivity contribution in [1.29, 1.82) is 0 Å². The third kappa shape index (κ3) is 16.8. The molecule has 4 rings (SSSR count). The molecule has 416 valence electrons. The molecule has 41 heteroatoms. The van der Waals surface area contributed by atoms with Crippen LogP contribution in [0.3, 0.4) is 0 Å². The third-order valence-electron chi connectivity index (χ3n) is 10.1. The number of rotatable bonds is 23. The van der Waals surface area contributed by atoms with Crippen LogP contribution >= 0.6 is 0 Å². The minimum atomic E-state index is -5.84. The number of aliphatic hydroxyl groups is 5. The second-order valence-electron chi connectivity index (χ2n) is 15.3. The van der Waals surface area contributed by atoms with Gasteiger partial charge < -0.3 is 84.3 Å². The lowest BCUT2D eigenvalue weighted by atomic mass is 9.94. The van der Waals surface area contributed by atoms with E-state index in [2.05, 4.69) is 28.6 Å². The summed E-state index contributed by atoms with van der Waals surface area (Å²) in [5.41, 5.74) is 0. The quantitative estimate of drug-likeness (QED) is 0.0334. The van der Waals surface area contributed by atoms with E-state index in [4.69, 9.17) is 37.9 Å². The molecule has 2 amide bonds. The summed E-state index contributed by atoms with van der Waals surface area (Å²) < 4.78 is 195. The highest BCUT2D eigenvalue weighted by molar-refractivity contribution is 7.81. The Hall–Kier alpha value is -3.42. The number of hydrogen-bond donors (Lipinski definition) is 13. The first-order valence-electron chi connectivity index (χ1n) is 19.8. The number of amides is 2. The van der Waals surface area contributed by atoms with E-state index in [0.717, 1.165) is 19.9 Å². The lowest BCUT2D eigenvalue weighted by Gasteiger charge is -2.50. The van der Waals surface area contributed by atoms with Gasteiger partial charge in [0.1, 0.15) is 85.3 Å². The van der Waals surface area contributed by atoms with Gasteiger partial charge in [-0.2, -0.15) is 33.7 Å². The number of carbonyl (C=O) groups excluding carboxylic acids is 2.